The highest BCUT2D eigenvalue weighted by Gasteiger charge is 2.37. The smallest absolute Gasteiger partial charge is 0.291 e. The lowest BCUT2D eigenvalue weighted by Crippen LogP contribution is -2.46. The second-order valence-corrected chi connectivity index (χ2v) is 9.67. The molecule has 1 saturated heterocycles. The SMILES string of the molecule is CCN1CCN(c2ccc(NC(=O)c3oc4c(c3C)C(=O)CC(C)(C)C4)c(C)c2)CC1. The zero-order valence-electron chi connectivity index (χ0n) is 19.3. The third-order valence-corrected chi connectivity index (χ3v) is 6.63. The molecule has 0 saturated carbocycles. The van der Waals surface area contributed by atoms with Gasteiger partial charge in [-0.2, -0.15) is 0 Å². The van der Waals surface area contributed by atoms with Gasteiger partial charge in [-0.1, -0.05) is 20.8 Å². The lowest BCUT2D eigenvalue weighted by Gasteiger charge is -2.35. The maximum absolute atomic E-state index is 13.0. The van der Waals surface area contributed by atoms with E-state index in [-0.39, 0.29) is 22.9 Å². The summed E-state index contributed by atoms with van der Waals surface area (Å²) in [4.78, 5) is 30.4. The minimum Gasteiger partial charge on any atom is -0.455 e. The minimum atomic E-state index is -0.301. The van der Waals surface area contributed by atoms with Crippen molar-refractivity contribution in [2.45, 2.75) is 47.5 Å². The summed E-state index contributed by atoms with van der Waals surface area (Å²) in [6.07, 6.45) is 1.15. The molecule has 1 aliphatic carbocycles. The number of aryl methyl sites for hydroxylation is 1. The van der Waals surface area contributed by atoms with E-state index in [0.29, 0.717) is 29.7 Å². The molecule has 2 aromatic rings. The van der Waals surface area contributed by atoms with Gasteiger partial charge in [0, 0.05) is 56.0 Å². The van der Waals surface area contributed by atoms with Gasteiger partial charge in [-0.15, -0.1) is 0 Å². The number of ketones is 1. The number of benzene rings is 1. The van der Waals surface area contributed by atoms with E-state index >= 15 is 0 Å². The van der Waals surface area contributed by atoms with Gasteiger partial charge in [-0.05, 0) is 49.6 Å². The van der Waals surface area contributed by atoms with Gasteiger partial charge in [0.05, 0.1) is 5.56 Å². The molecule has 2 aliphatic rings. The van der Waals surface area contributed by atoms with E-state index in [1.54, 1.807) is 6.92 Å². The Morgan fingerprint density at radius 1 is 1.13 bits per heavy atom. The molecule has 0 atom stereocenters. The van der Waals surface area contributed by atoms with Gasteiger partial charge in [-0.25, -0.2) is 0 Å². The monoisotopic (exact) mass is 423 g/mol. The molecule has 1 aromatic carbocycles. The average Bonchev–Trinajstić information content (AvgIpc) is 3.04. The Kier molecular flexibility index (Phi) is 5.69. The number of hydrogen-bond acceptors (Lipinski definition) is 5. The van der Waals surface area contributed by atoms with Crippen LogP contribution in [0.3, 0.4) is 0 Å². The van der Waals surface area contributed by atoms with Crippen molar-refractivity contribution in [3.8, 4) is 0 Å². The van der Waals surface area contributed by atoms with Crippen molar-refractivity contribution < 1.29 is 14.0 Å². The summed E-state index contributed by atoms with van der Waals surface area (Å²) in [5.41, 5.74) is 4.07. The number of anilines is 2. The summed E-state index contributed by atoms with van der Waals surface area (Å²) in [5.74, 6) is 0.651. The number of nitrogens with zero attached hydrogens (tertiary/aromatic N) is 2. The van der Waals surface area contributed by atoms with Crippen molar-refractivity contribution in [3.63, 3.8) is 0 Å². The largest absolute Gasteiger partial charge is 0.455 e. The number of furan rings is 1. The Bertz CT molecular complexity index is 1010. The molecule has 1 fully saturated rings. The summed E-state index contributed by atoms with van der Waals surface area (Å²) in [6, 6.07) is 6.15. The van der Waals surface area contributed by atoms with E-state index in [1.165, 1.54) is 5.69 Å². The van der Waals surface area contributed by atoms with Gasteiger partial charge >= 0.3 is 0 Å². The van der Waals surface area contributed by atoms with Crippen LogP contribution in [0.1, 0.15) is 65.0 Å². The molecule has 0 bridgehead atoms. The normalized spacial score (nSPS) is 18.7. The topological polar surface area (TPSA) is 65.8 Å². The van der Waals surface area contributed by atoms with Crippen molar-refractivity contribution in [2.75, 3.05) is 42.9 Å². The maximum Gasteiger partial charge on any atom is 0.291 e. The molecule has 1 aliphatic heterocycles. The molecule has 1 N–H and O–H groups in total. The molecule has 4 rings (SSSR count). The zero-order chi connectivity index (χ0) is 22.3. The van der Waals surface area contributed by atoms with Crippen LogP contribution < -0.4 is 10.2 Å². The second-order valence-electron chi connectivity index (χ2n) is 9.67. The number of Topliss-reactive ketones (excluding diaryl/α,β-unsaturated/α-hetero) is 1. The van der Waals surface area contributed by atoms with Crippen molar-refractivity contribution in [1.29, 1.82) is 0 Å². The van der Waals surface area contributed by atoms with Crippen LogP contribution in [0.25, 0.3) is 0 Å². The van der Waals surface area contributed by atoms with Crippen LogP contribution in [-0.2, 0) is 6.42 Å². The third-order valence-electron chi connectivity index (χ3n) is 6.63. The molecule has 0 unspecified atom stereocenters. The standard InChI is InChI=1S/C25H33N3O3/c1-6-27-9-11-28(12-10-27)18-7-8-19(16(2)13-18)26-24(30)23-17(3)22-20(29)14-25(4,5)15-21(22)31-23/h7-8,13H,6,9-12,14-15H2,1-5H3,(H,26,30). The molecule has 31 heavy (non-hydrogen) atoms. The van der Waals surface area contributed by atoms with Crippen molar-refractivity contribution in [1.82, 2.24) is 4.90 Å². The molecule has 166 valence electrons. The lowest BCUT2D eigenvalue weighted by atomic mass is 9.76. The summed E-state index contributed by atoms with van der Waals surface area (Å²) < 4.78 is 5.91. The number of piperazine rings is 1. The highest BCUT2D eigenvalue weighted by atomic mass is 16.4. The van der Waals surface area contributed by atoms with Crippen LogP contribution in [0.2, 0.25) is 0 Å². The molecular weight excluding hydrogens is 390 g/mol. The first-order valence-electron chi connectivity index (χ1n) is 11.2. The molecule has 6 heteroatoms. The number of hydrogen-bond donors (Lipinski definition) is 1. The summed E-state index contributed by atoms with van der Waals surface area (Å²) >= 11 is 0. The Hall–Kier alpha value is -2.60. The Labute approximate surface area is 184 Å². The number of carbonyl (C=O) groups is 2. The first-order valence-corrected chi connectivity index (χ1v) is 11.2. The number of amides is 1. The first kappa shape index (κ1) is 21.6. The van der Waals surface area contributed by atoms with Crippen LogP contribution in [0.4, 0.5) is 11.4 Å². The van der Waals surface area contributed by atoms with E-state index < -0.39 is 0 Å². The number of rotatable bonds is 4. The molecule has 0 radical (unpaired) electrons. The summed E-state index contributed by atoms with van der Waals surface area (Å²) in [5, 5.41) is 2.99. The zero-order valence-corrected chi connectivity index (χ0v) is 19.3. The molecule has 1 amide bonds. The van der Waals surface area contributed by atoms with Gasteiger partial charge in [0.25, 0.3) is 5.91 Å². The van der Waals surface area contributed by atoms with Crippen molar-refractivity contribution in [3.05, 3.63) is 46.4 Å². The Balaban J connectivity index is 1.50. The highest BCUT2D eigenvalue weighted by Crippen LogP contribution is 2.38. The molecule has 1 aromatic heterocycles. The van der Waals surface area contributed by atoms with Crippen LogP contribution in [0, 0.1) is 19.3 Å². The number of fused-ring (bicyclic) bond motifs is 1. The van der Waals surface area contributed by atoms with Crippen LogP contribution >= 0.6 is 0 Å². The Morgan fingerprint density at radius 2 is 1.84 bits per heavy atom. The quantitative estimate of drug-likeness (QED) is 0.787. The highest BCUT2D eigenvalue weighted by molar-refractivity contribution is 6.08. The van der Waals surface area contributed by atoms with Crippen molar-refractivity contribution in [2.24, 2.45) is 5.41 Å². The fraction of sp³-hybridized carbons (Fsp3) is 0.520. The predicted molar refractivity (Wildman–Crippen MR) is 123 cm³/mol. The Morgan fingerprint density at radius 3 is 2.48 bits per heavy atom. The van der Waals surface area contributed by atoms with Crippen molar-refractivity contribution >= 4 is 23.1 Å². The van der Waals surface area contributed by atoms with Crippen LogP contribution in [0.15, 0.2) is 22.6 Å². The lowest BCUT2D eigenvalue weighted by molar-refractivity contribution is 0.0898. The van der Waals surface area contributed by atoms with Gasteiger partial charge in [-0.3, -0.25) is 9.59 Å². The van der Waals surface area contributed by atoms with Gasteiger partial charge in [0.1, 0.15) is 5.76 Å². The van der Waals surface area contributed by atoms with E-state index in [9.17, 15) is 9.59 Å². The fourth-order valence-electron chi connectivity index (χ4n) is 4.79. The van der Waals surface area contributed by atoms with Gasteiger partial charge < -0.3 is 19.5 Å². The number of nitrogens with one attached hydrogen (secondary N) is 1. The number of likely N-dealkylation sites (N-methyl/N-ethyl adjacent to an activating group) is 1. The predicted octanol–water partition coefficient (Wildman–Crippen LogP) is 4.45. The molecular formula is C25H33N3O3. The maximum atomic E-state index is 13.0. The molecule has 0 spiro atoms. The van der Waals surface area contributed by atoms with Gasteiger partial charge in [0.2, 0.25) is 0 Å². The van der Waals surface area contributed by atoms with E-state index in [4.69, 9.17) is 4.42 Å². The van der Waals surface area contributed by atoms with E-state index in [0.717, 1.165) is 44.0 Å². The minimum absolute atomic E-state index is 0.0650. The average molecular weight is 424 g/mol. The fourth-order valence-corrected chi connectivity index (χ4v) is 4.79. The van der Waals surface area contributed by atoms with E-state index in [2.05, 4.69) is 48.0 Å². The van der Waals surface area contributed by atoms with Gasteiger partial charge in [0.15, 0.2) is 11.5 Å². The summed E-state index contributed by atoms with van der Waals surface area (Å²) in [7, 11) is 0. The number of carbonyl (C=O) groups excluding carboxylic acids is 2. The third kappa shape index (κ3) is 4.26. The first-order chi connectivity index (χ1) is 14.7. The summed E-state index contributed by atoms with van der Waals surface area (Å²) in [6.45, 7) is 15.4. The van der Waals surface area contributed by atoms with E-state index in [1.807, 2.05) is 13.0 Å². The van der Waals surface area contributed by atoms with Crippen LogP contribution in [0.5, 0.6) is 0 Å². The second kappa shape index (κ2) is 8.15. The molecule has 6 nitrogen and oxygen atoms in total. The van der Waals surface area contributed by atoms with Crippen LogP contribution in [-0.4, -0.2) is 49.3 Å². The molecule has 2 heterocycles.